The van der Waals surface area contributed by atoms with Crippen molar-refractivity contribution in [1.82, 2.24) is 10.2 Å². The number of nitrogens with zero attached hydrogens (tertiary/aromatic N) is 4. The Labute approximate surface area is 161 Å². The fourth-order valence-corrected chi connectivity index (χ4v) is 3.58. The van der Waals surface area contributed by atoms with Gasteiger partial charge in [-0.25, -0.2) is 0 Å². The predicted molar refractivity (Wildman–Crippen MR) is 99.3 cm³/mol. The van der Waals surface area contributed by atoms with Gasteiger partial charge in [0, 0.05) is 17.9 Å². The van der Waals surface area contributed by atoms with E-state index < -0.39 is 23.8 Å². The van der Waals surface area contributed by atoms with E-state index in [4.69, 9.17) is 5.53 Å². The first-order valence-electron chi connectivity index (χ1n) is 9.38. The standard InChI is InChI=1S/C19H21N5O4/c20-23-21-10-4-2-1-3-5-12-6-7-13-14(11-12)19(28)24(18(13)27)15-8-9-16(25)22-17(15)26/h6-7,11,15H,1-5,8-10H2,(H,22,25,26). The summed E-state index contributed by atoms with van der Waals surface area (Å²) in [5.74, 6) is -1.96. The number of benzene rings is 1. The lowest BCUT2D eigenvalue weighted by Gasteiger charge is -2.27. The number of amides is 4. The molecule has 3 rings (SSSR count). The van der Waals surface area contributed by atoms with E-state index in [0.29, 0.717) is 17.7 Å². The van der Waals surface area contributed by atoms with Gasteiger partial charge in [-0.2, -0.15) is 0 Å². The van der Waals surface area contributed by atoms with Gasteiger partial charge in [0.2, 0.25) is 11.8 Å². The van der Waals surface area contributed by atoms with Crippen molar-refractivity contribution < 1.29 is 19.2 Å². The Hall–Kier alpha value is -3.19. The molecule has 1 fully saturated rings. The van der Waals surface area contributed by atoms with Gasteiger partial charge in [0.15, 0.2) is 0 Å². The highest BCUT2D eigenvalue weighted by Crippen LogP contribution is 2.28. The van der Waals surface area contributed by atoms with E-state index in [1.54, 1.807) is 12.1 Å². The maximum atomic E-state index is 12.8. The van der Waals surface area contributed by atoms with Crippen molar-refractivity contribution in [2.24, 2.45) is 5.11 Å². The number of azide groups is 1. The summed E-state index contributed by atoms with van der Waals surface area (Å²) in [5, 5.41) is 5.68. The summed E-state index contributed by atoms with van der Waals surface area (Å²) in [5.41, 5.74) is 9.80. The lowest BCUT2D eigenvalue weighted by atomic mass is 10.0. The quantitative estimate of drug-likeness (QED) is 0.243. The molecule has 0 bridgehead atoms. The van der Waals surface area contributed by atoms with Crippen LogP contribution in [-0.4, -0.2) is 41.1 Å². The highest BCUT2D eigenvalue weighted by atomic mass is 16.2. The van der Waals surface area contributed by atoms with Crippen molar-refractivity contribution in [2.75, 3.05) is 6.54 Å². The van der Waals surface area contributed by atoms with E-state index in [9.17, 15) is 19.2 Å². The lowest BCUT2D eigenvalue weighted by molar-refractivity contribution is -0.136. The van der Waals surface area contributed by atoms with Gasteiger partial charge in [-0.15, -0.1) is 0 Å². The largest absolute Gasteiger partial charge is 0.295 e. The van der Waals surface area contributed by atoms with Crippen LogP contribution in [0.4, 0.5) is 0 Å². The summed E-state index contributed by atoms with van der Waals surface area (Å²) in [7, 11) is 0. The Morgan fingerprint density at radius 2 is 1.82 bits per heavy atom. The summed E-state index contributed by atoms with van der Waals surface area (Å²) in [6.45, 7) is 0.502. The number of nitrogens with one attached hydrogen (secondary N) is 1. The van der Waals surface area contributed by atoms with E-state index in [1.165, 1.54) is 0 Å². The second kappa shape index (κ2) is 8.67. The molecule has 1 atom stereocenters. The zero-order valence-electron chi connectivity index (χ0n) is 15.4. The Kier molecular flexibility index (Phi) is 6.06. The number of imide groups is 2. The van der Waals surface area contributed by atoms with Crippen LogP contribution in [0.1, 0.15) is 64.8 Å². The van der Waals surface area contributed by atoms with Crippen LogP contribution in [-0.2, 0) is 16.0 Å². The maximum Gasteiger partial charge on any atom is 0.262 e. The Morgan fingerprint density at radius 3 is 2.57 bits per heavy atom. The molecule has 1 aromatic carbocycles. The molecule has 146 valence electrons. The van der Waals surface area contributed by atoms with Crippen LogP contribution in [0.15, 0.2) is 23.3 Å². The molecule has 1 aromatic rings. The van der Waals surface area contributed by atoms with Crippen molar-refractivity contribution >= 4 is 23.6 Å². The van der Waals surface area contributed by atoms with Crippen molar-refractivity contribution in [3.63, 3.8) is 0 Å². The second-order valence-electron chi connectivity index (χ2n) is 6.95. The van der Waals surface area contributed by atoms with Crippen LogP contribution in [0.25, 0.3) is 10.4 Å². The van der Waals surface area contributed by atoms with E-state index in [2.05, 4.69) is 15.3 Å². The SMILES string of the molecule is [N-]=[N+]=NCCCCCCc1ccc2c(c1)C(=O)N(C1CCC(=O)NC1=O)C2=O. The number of hydrogen-bond acceptors (Lipinski definition) is 5. The molecule has 2 aliphatic rings. The molecule has 9 heteroatoms. The van der Waals surface area contributed by atoms with Crippen LogP contribution in [0.3, 0.4) is 0 Å². The Bertz CT molecular complexity index is 875. The normalized spacial score (nSPS) is 18.7. The summed E-state index contributed by atoms with van der Waals surface area (Å²) in [6, 6.07) is 4.25. The predicted octanol–water partition coefficient (Wildman–Crippen LogP) is 2.50. The average molecular weight is 383 g/mol. The van der Waals surface area contributed by atoms with Crippen molar-refractivity contribution in [3.8, 4) is 0 Å². The lowest BCUT2D eigenvalue weighted by Crippen LogP contribution is -2.54. The summed E-state index contributed by atoms with van der Waals surface area (Å²) in [6.07, 6.45) is 4.75. The first kappa shape index (κ1) is 19.6. The molecule has 2 aliphatic heterocycles. The third-order valence-corrected chi connectivity index (χ3v) is 5.04. The summed E-state index contributed by atoms with van der Waals surface area (Å²) >= 11 is 0. The Morgan fingerprint density at radius 1 is 1.07 bits per heavy atom. The van der Waals surface area contributed by atoms with Crippen LogP contribution >= 0.6 is 0 Å². The molecule has 0 spiro atoms. The first-order chi connectivity index (χ1) is 13.5. The first-order valence-corrected chi connectivity index (χ1v) is 9.38. The van der Waals surface area contributed by atoms with Gasteiger partial charge in [-0.1, -0.05) is 24.0 Å². The zero-order valence-corrected chi connectivity index (χ0v) is 15.4. The molecule has 28 heavy (non-hydrogen) atoms. The fraction of sp³-hybridized carbons (Fsp3) is 0.474. The molecule has 0 saturated carbocycles. The van der Waals surface area contributed by atoms with Gasteiger partial charge in [-0.05, 0) is 48.9 Å². The molecule has 2 heterocycles. The molecule has 1 N–H and O–H groups in total. The number of aryl methyl sites for hydroxylation is 1. The highest BCUT2D eigenvalue weighted by Gasteiger charge is 2.44. The van der Waals surface area contributed by atoms with Gasteiger partial charge in [-0.3, -0.25) is 29.4 Å². The van der Waals surface area contributed by atoms with Crippen LogP contribution in [0.5, 0.6) is 0 Å². The van der Waals surface area contributed by atoms with Crippen molar-refractivity contribution in [1.29, 1.82) is 0 Å². The molecule has 1 unspecified atom stereocenters. The number of hydrogen-bond donors (Lipinski definition) is 1. The number of piperidine rings is 1. The second-order valence-corrected chi connectivity index (χ2v) is 6.95. The molecule has 9 nitrogen and oxygen atoms in total. The van der Waals surface area contributed by atoms with Crippen LogP contribution in [0, 0.1) is 0 Å². The number of unbranched alkanes of at least 4 members (excludes halogenated alkanes) is 3. The van der Waals surface area contributed by atoms with Gasteiger partial charge in [0.1, 0.15) is 6.04 Å². The maximum absolute atomic E-state index is 12.8. The highest BCUT2D eigenvalue weighted by molar-refractivity contribution is 6.23. The molecular formula is C19H21N5O4. The topological polar surface area (TPSA) is 132 Å². The average Bonchev–Trinajstić information content (AvgIpc) is 2.92. The molecule has 0 radical (unpaired) electrons. The van der Waals surface area contributed by atoms with E-state index in [1.807, 2.05) is 6.07 Å². The minimum absolute atomic E-state index is 0.106. The third-order valence-electron chi connectivity index (χ3n) is 5.04. The van der Waals surface area contributed by atoms with E-state index in [0.717, 1.165) is 42.6 Å². The third kappa shape index (κ3) is 4.04. The number of carbonyl (C=O) groups is 4. The van der Waals surface area contributed by atoms with E-state index >= 15 is 0 Å². The zero-order chi connectivity index (χ0) is 20.1. The molecule has 4 amide bonds. The van der Waals surface area contributed by atoms with Gasteiger partial charge in [0.05, 0.1) is 11.1 Å². The summed E-state index contributed by atoms with van der Waals surface area (Å²) < 4.78 is 0. The Balaban J connectivity index is 1.62. The molecule has 1 saturated heterocycles. The van der Waals surface area contributed by atoms with Gasteiger partial charge in [0.25, 0.3) is 11.8 Å². The van der Waals surface area contributed by atoms with Crippen LogP contribution in [0.2, 0.25) is 0 Å². The van der Waals surface area contributed by atoms with Crippen molar-refractivity contribution in [3.05, 3.63) is 45.3 Å². The summed E-state index contributed by atoms with van der Waals surface area (Å²) in [4.78, 5) is 52.5. The minimum atomic E-state index is -0.940. The fourth-order valence-electron chi connectivity index (χ4n) is 3.58. The minimum Gasteiger partial charge on any atom is -0.295 e. The van der Waals surface area contributed by atoms with Crippen molar-refractivity contribution in [2.45, 2.75) is 51.0 Å². The number of fused-ring (bicyclic) bond motifs is 1. The number of rotatable bonds is 8. The molecule has 0 aliphatic carbocycles. The van der Waals surface area contributed by atoms with Gasteiger partial charge < -0.3 is 0 Å². The van der Waals surface area contributed by atoms with Gasteiger partial charge >= 0.3 is 0 Å². The molecule has 0 aromatic heterocycles. The van der Waals surface area contributed by atoms with Crippen LogP contribution < -0.4 is 5.32 Å². The van der Waals surface area contributed by atoms with E-state index in [-0.39, 0.29) is 18.7 Å². The monoisotopic (exact) mass is 383 g/mol. The number of carbonyl (C=O) groups excluding carboxylic acids is 4. The molecular weight excluding hydrogens is 362 g/mol. The smallest absolute Gasteiger partial charge is 0.262 e.